The van der Waals surface area contributed by atoms with Crippen molar-refractivity contribution in [2.45, 2.75) is 6.18 Å². The van der Waals surface area contributed by atoms with Crippen LogP contribution < -0.4 is 19.5 Å². The van der Waals surface area contributed by atoms with Gasteiger partial charge in [-0.1, -0.05) is 18.2 Å². The number of pyridine rings is 1. The molecular formula is C29H20F4N2O4. The Balaban J connectivity index is 1.47. The smallest absolute Gasteiger partial charge is 0.416 e. The summed E-state index contributed by atoms with van der Waals surface area (Å²) < 4.78 is 70.5. The molecule has 0 aliphatic rings. The van der Waals surface area contributed by atoms with Gasteiger partial charge in [-0.15, -0.1) is 0 Å². The van der Waals surface area contributed by atoms with Crippen molar-refractivity contribution in [3.63, 3.8) is 0 Å². The maximum Gasteiger partial charge on any atom is 0.416 e. The van der Waals surface area contributed by atoms with Gasteiger partial charge in [-0.05, 0) is 59.3 Å². The summed E-state index contributed by atoms with van der Waals surface area (Å²) in [7, 11) is 2.94. The first kappa shape index (κ1) is 25.8. The Labute approximate surface area is 219 Å². The third-order valence-corrected chi connectivity index (χ3v) is 6.04. The average molecular weight is 536 g/mol. The van der Waals surface area contributed by atoms with Gasteiger partial charge in [-0.3, -0.25) is 9.78 Å². The second-order valence-electron chi connectivity index (χ2n) is 8.48. The van der Waals surface area contributed by atoms with Crippen LogP contribution in [0.2, 0.25) is 0 Å². The van der Waals surface area contributed by atoms with E-state index in [1.54, 1.807) is 48.5 Å². The normalized spacial score (nSPS) is 11.4. The minimum Gasteiger partial charge on any atom is -0.493 e. The van der Waals surface area contributed by atoms with E-state index in [9.17, 15) is 22.4 Å². The molecule has 1 heterocycles. The van der Waals surface area contributed by atoms with Crippen LogP contribution in [0.15, 0.2) is 79.0 Å². The Morgan fingerprint density at radius 3 is 2.36 bits per heavy atom. The summed E-state index contributed by atoms with van der Waals surface area (Å²) in [5.74, 6) is -0.253. The van der Waals surface area contributed by atoms with Gasteiger partial charge in [-0.25, -0.2) is 4.39 Å². The average Bonchev–Trinajstić information content (AvgIpc) is 2.93. The molecule has 0 bridgehead atoms. The number of ether oxygens (including phenoxy) is 3. The lowest BCUT2D eigenvalue weighted by atomic mass is 10.0. The monoisotopic (exact) mass is 536 g/mol. The number of aromatic nitrogens is 1. The maximum absolute atomic E-state index is 14.8. The Kier molecular flexibility index (Phi) is 6.69. The molecule has 0 saturated heterocycles. The number of benzene rings is 4. The minimum absolute atomic E-state index is 0.0129. The second kappa shape index (κ2) is 10.1. The van der Waals surface area contributed by atoms with Gasteiger partial charge in [-0.2, -0.15) is 13.2 Å². The number of methoxy groups -OCH3 is 2. The molecule has 198 valence electrons. The van der Waals surface area contributed by atoms with Crippen molar-refractivity contribution in [2.75, 3.05) is 19.5 Å². The summed E-state index contributed by atoms with van der Waals surface area (Å²) in [6.45, 7) is 0. The lowest BCUT2D eigenvalue weighted by Crippen LogP contribution is -2.13. The zero-order valence-corrected chi connectivity index (χ0v) is 20.6. The highest BCUT2D eigenvalue weighted by Gasteiger charge is 2.30. The molecule has 0 radical (unpaired) electrons. The molecule has 6 nitrogen and oxygen atoms in total. The number of alkyl halides is 3. The molecular weight excluding hydrogens is 516 g/mol. The van der Waals surface area contributed by atoms with Crippen molar-refractivity contribution < 1.29 is 36.6 Å². The predicted molar refractivity (Wildman–Crippen MR) is 138 cm³/mol. The molecule has 0 aliphatic heterocycles. The number of hydrogen-bond donors (Lipinski definition) is 1. The topological polar surface area (TPSA) is 69.7 Å². The van der Waals surface area contributed by atoms with Gasteiger partial charge >= 0.3 is 6.18 Å². The minimum atomic E-state index is -4.53. The van der Waals surface area contributed by atoms with Crippen LogP contribution in [-0.4, -0.2) is 25.1 Å². The molecule has 0 saturated carbocycles. The van der Waals surface area contributed by atoms with Crippen molar-refractivity contribution in [3.05, 3.63) is 95.9 Å². The molecule has 0 aliphatic carbocycles. The summed E-state index contributed by atoms with van der Waals surface area (Å²) in [5.41, 5.74) is -0.182. The number of amides is 1. The third kappa shape index (κ3) is 5.13. The summed E-state index contributed by atoms with van der Waals surface area (Å²) in [4.78, 5) is 17.1. The zero-order valence-electron chi connectivity index (χ0n) is 20.6. The molecule has 4 aromatic carbocycles. The molecule has 5 aromatic rings. The predicted octanol–water partition coefficient (Wildman–Crippen LogP) is 7.61. The van der Waals surface area contributed by atoms with Gasteiger partial charge < -0.3 is 19.5 Å². The SMILES string of the molecule is COc1cc2ncc(F)c(Oc3ccc4c(C(=O)Nc5cccc(C(F)(F)F)c5)cccc4c3)c2cc1OC. The van der Waals surface area contributed by atoms with Crippen LogP contribution in [0.4, 0.5) is 23.2 Å². The molecule has 0 unspecified atom stereocenters. The van der Waals surface area contributed by atoms with E-state index in [-0.39, 0.29) is 17.0 Å². The van der Waals surface area contributed by atoms with E-state index in [0.29, 0.717) is 38.9 Å². The molecule has 0 atom stereocenters. The number of nitrogens with one attached hydrogen (secondary N) is 1. The maximum atomic E-state index is 14.8. The lowest BCUT2D eigenvalue weighted by Gasteiger charge is -2.14. The van der Waals surface area contributed by atoms with E-state index in [2.05, 4.69) is 10.3 Å². The van der Waals surface area contributed by atoms with Crippen LogP contribution in [0.5, 0.6) is 23.0 Å². The molecule has 1 aromatic heterocycles. The fraction of sp³-hybridized carbons (Fsp3) is 0.103. The Morgan fingerprint density at radius 2 is 1.62 bits per heavy atom. The highest BCUT2D eigenvalue weighted by molar-refractivity contribution is 6.13. The van der Waals surface area contributed by atoms with Crippen molar-refractivity contribution >= 4 is 33.3 Å². The number of nitrogens with zero attached hydrogens (tertiary/aromatic N) is 1. The van der Waals surface area contributed by atoms with Gasteiger partial charge in [0.05, 0.1) is 31.5 Å². The van der Waals surface area contributed by atoms with E-state index >= 15 is 0 Å². The van der Waals surface area contributed by atoms with Gasteiger partial charge in [0, 0.05) is 22.7 Å². The third-order valence-electron chi connectivity index (χ3n) is 6.04. The molecule has 1 amide bonds. The summed E-state index contributed by atoms with van der Waals surface area (Å²) in [6.07, 6.45) is -3.49. The Hall–Kier alpha value is -4.86. The number of carbonyl (C=O) groups excluding carboxylic acids is 1. The van der Waals surface area contributed by atoms with Crippen LogP contribution in [0.25, 0.3) is 21.7 Å². The van der Waals surface area contributed by atoms with Crippen molar-refractivity contribution in [2.24, 2.45) is 0 Å². The van der Waals surface area contributed by atoms with Crippen LogP contribution in [0.3, 0.4) is 0 Å². The number of hydrogen-bond acceptors (Lipinski definition) is 5. The highest BCUT2D eigenvalue weighted by Crippen LogP contribution is 2.39. The highest BCUT2D eigenvalue weighted by atomic mass is 19.4. The summed E-state index contributed by atoms with van der Waals surface area (Å²) in [5, 5.41) is 4.01. The van der Waals surface area contributed by atoms with E-state index in [4.69, 9.17) is 14.2 Å². The fourth-order valence-corrected chi connectivity index (χ4v) is 4.19. The van der Waals surface area contributed by atoms with Gasteiger partial charge in [0.1, 0.15) is 5.75 Å². The number of fused-ring (bicyclic) bond motifs is 2. The van der Waals surface area contributed by atoms with Crippen LogP contribution in [0, 0.1) is 5.82 Å². The first-order valence-corrected chi connectivity index (χ1v) is 11.6. The van der Waals surface area contributed by atoms with Crippen LogP contribution in [-0.2, 0) is 6.18 Å². The number of carbonyl (C=O) groups is 1. The van der Waals surface area contributed by atoms with E-state index in [1.807, 2.05) is 0 Å². The van der Waals surface area contributed by atoms with Gasteiger partial charge in [0.15, 0.2) is 23.1 Å². The fourth-order valence-electron chi connectivity index (χ4n) is 4.19. The number of halogens is 4. The standard InChI is InChI=1S/C29H20F4N2O4/c1-37-25-13-22-24(14-26(25)38-2)34-15-23(30)27(22)39-19-9-10-20-16(11-19)5-3-8-21(20)28(36)35-18-7-4-6-17(12-18)29(31,32)33/h3-15H,1-2H3,(H,35,36). The van der Waals surface area contributed by atoms with Crippen LogP contribution in [0.1, 0.15) is 15.9 Å². The first-order chi connectivity index (χ1) is 18.7. The molecule has 5 rings (SSSR count). The van der Waals surface area contributed by atoms with E-state index in [0.717, 1.165) is 18.3 Å². The van der Waals surface area contributed by atoms with Gasteiger partial charge in [0.25, 0.3) is 5.91 Å². The molecule has 1 N–H and O–H groups in total. The lowest BCUT2D eigenvalue weighted by molar-refractivity contribution is -0.137. The molecule has 0 fully saturated rings. The van der Waals surface area contributed by atoms with Gasteiger partial charge in [0.2, 0.25) is 0 Å². The van der Waals surface area contributed by atoms with E-state index in [1.165, 1.54) is 26.4 Å². The number of rotatable bonds is 6. The summed E-state index contributed by atoms with van der Waals surface area (Å²) >= 11 is 0. The molecule has 39 heavy (non-hydrogen) atoms. The second-order valence-corrected chi connectivity index (χ2v) is 8.48. The van der Waals surface area contributed by atoms with Crippen molar-refractivity contribution in [1.82, 2.24) is 4.98 Å². The summed E-state index contributed by atoms with van der Waals surface area (Å²) in [6, 6.07) is 17.3. The van der Waals surface area contributed by atoms with Crippen molar-refractivity contribution in [1.29, 1.82) is 0 Å². The zero-order chi connectivity index (χ0) is 27.7. The van der Waals surface area contributed by atoms with Crippen LogP contribution >= 0.6 is 0 Å². The van der Waals surface area contributed by atoms with E-state index < -0.39 is 23.5 Å². The Morgan fingerprint density at radius 1 is 0.872 bits per heavy atom. The first-order valence-electron chi connectivity index (χ1n) is 11.6. The Bertz CT molecular complexity index is 1720. The quantitative estimate of drug-likeness (QED) is 0.226. The number of anilines is 1. The molecule has 0 spiro atoms. The molecule has 10 heteroatoms. The largest absolute Gasteiger partial charge is 0.493 e. The van der Waals surface area contributed by atoms with Crippen molar-refractivity contribution in [3.8, 4) is 23.0 Å².